The summed E-state index contributed by atoms with van der Waals surface area (Å²) in [5.74, 6) is -0.0542. The fraction of sp³-hybridized carbons (Fsp3) is 0.565. The number of aromatic nitrogens is 2. The van der Waals surface area contributed by atoms with Gasteiger partial charge < -0.3 is 9.64 Å². The van der Waals surface area contributed by atoms with E-state index >= 15 is 0 Å². The Balaban J connectivity index is 1.85. The van der Waals surface area contributed by atoms with E-state index in [0.29, 0.717) is 17.4 Å². The molecule has 7 nitrogen and oxygen atoms in total. The van der Waals surface area contributed by atoms with E-state index in [9.17, 15) is 14.4 Å². The summed E-state index contributed by atoms with van der Waals surface area (Å²) in [4.78, 5) is 44.6. The monoisotopic (exact) mass is 413 g/mol. The van der Waals surface area contributed by atoms with Crippen LogP contribution in [0.4, 0.5) is 0 Å². The zero-order chi connectivity index (χ0) is 22.0. The Hall–Kier alpha value is -2.70. The minimum Gasteiger partial charge on any atom is -0.449 e. The van der Waals surface area contributed by atoms with Crippen LogP contribution in [0.25, 0.3) is 10.9 Å². The third-order valence-electron chi connectivity index (χ3n) is 5.55. The Labute approximate surface area is 177 Å². The van der Waals surface area contributed by atoms with Gasteiger partial charge in [0, 0.05) is 25.0 Å². The van der Waals surface area contributed by atoms with E-state index < -0.39 is 12.1 Å². The maximum absolute atomic E-state index is 12.8. The highest BCUT2D eigenvalue weighted by Crippen LogP contribution is 2.18. The highest BCUT2D eigenvalue weighted by Gasteiger charge is 2.28. The van der Waals surface area contributed by atoms with Gasteiger partial charge in [-0.2, -0.15) is 0 Å². The van der Waals surface area contributed by atoms with Crippen molar-refractivity contribution < 1.29 is 14.3 Å². The molecule has 0 fully saturated rings. The lowest BCUT2D eigenvalue weighted by molar-refractivity contribution is -0.143. The minimum absolute atomic E-state index is 0.00625. The molecule has 1 amide bonds. The zero-order valence-electron chi connectivity index (χ0n) is 18.5. The molecule has 3 rings (SSSR count). The largest absolute Gasteiger partial charge is 0.449 e. The predicted molar refractivity (Wildman–Crippen MR) is 116 cm³/mol. The molecule has 0 unspecified atom stereocenters. The fourth-order valence-corrected chi connectivity index (χ4v) is 4.14. The van der Waals surface area contributed by atoms with Crippen molar-refractivity contribution in [1.29, 1.82) is 0 Å². The first-order chi connectivity index (χ1) is 14.2. The quantitative estimate of drug-likeness (QED) is 0.703. The molecular weight excluding hydrogens is 382 g/mol. The van der Waals surface area contributed by atoms with Crippen molar-refractivity contribution in [2.75, 3.05) is 0 Å². The van der Waals surface area contributed by atoms with E-state index in [1.165, 1.54) is 0 Å². The molecule has 1 aromatic heterocycles. The van der Waals surface area contributed by atoms with Crippen LogP contribution in [0.2, 0.25) is 0 Å². The normalized spacial score (nSPS) is 15.0. The summed E-state index contributed by atoms with van der Waals surface area (Å²) in [5, 5.41) is 0.493. The number of hydrogen-bond acceptors (Lipinski definition) is 5. The molecule has 0 saturated heterocycles. The Morgan fingerprint density at radius 3 is 2.43 bits per heavy atom. The van der Waals surface area contributed by atoms with E-state index in [4.69, 9.17) is 4.74 Å². The van der Waals surface area contributed by atoms with Crippen molar-refractivity contribution in [3.8, 4) is 0 Å². The number of rotatable bonds is 5. The number of benzene rings is 1. The second-order valence-corrected chi connectivity index (χ2v) is 8.51. The van der Waals surface area contributed by atoms with Crippen LogP contribution in [0.5, 0.6) is 0 Å². The number of ether oxygens (including phenoxy) is 1. The maximum Gasteiger partial charge on any atom is 0.338 e. The number of amides is 1. The molecule has 0 aliphatic carbocycles. The third kappa shape index (κ3) is 4.40. The van der Waals surface area contributed by atoms with Crippen LogP contribution in [0.3, 0.4) is 0 Å². The van der Waals surface area contributed by atoms with E-state index in [1.807, 2.05) is 27.7 Å². The summed E-state index contributed by atoms with van der Waals surface area (Å²) in [6.45, 7) is 10.0. The van der Waals surface area contributed by atoms with Gasteiger partial charge in [0.25, 0.3) is 11.5 Å². The van der Waals surface area contributed by atoms with Gasteiger partial charge >= 0.3 is 5.97 Å². The van der Waals surface area contributed by atoms with Crippen LogP contribution in [0.1, 0.15) is 70.1 Å². The van der Waals surface area contributed by atoms with Crippen LogP contribution < -0.4 is 5.56 Å². The molecule has 0 spiro atoms. The summed E-state index contributed by atoms with van der Waals surface area (Å²) in [6.07, 6.45) is 2.91. The van der Waals surface area contributed by atoms with Gasteiger partial charge in [-0.05, 0) is 65.7 Å². The molecule has 7 heteroatoms. The number of carbonyl (C=O) groups excluding carboxylic acids is 2. The summed E-state index contributed by atoms with van der Waals surface area (Å²) >= 11 is 0. The lowest BCUT2D eigenvalue weighted by Gasteiger charge is -2.32. The van der Waals surface area contributed by atoms with Crippen molar-refractivity contribution in [3.05, 3.63) is 39.9 Å². The van der Waals surface area contributed by atoms with Gasteiger partial charge in [0.05, 0.1) is 16.5 Å². The van der Waals surface area contributed by atoms with Crippen molar-refractivity contribution in [3.63, 3.8) is 0 Å². The summed E-state index contributed by atoms with van der Waals surface area (Å²) in [7, 11) is 0. The van der Waals surface area contributed by atoms with E-state index in [0.717, 1.165) is 31.5 Å². The van der Waals surface area contributed by atoms with E-state index in [-0.39, 0.29) is 29.1 Å². The van der Waals surface area contributed by atoms with Crippen molar-refractivity contribution in [2.45, 2.75) is 85.0 Å². The Morgan fingerprint density at radius 1 is 1.07 bits per heavy atom. The number of fused-ring (bicyclic) bond motifs is 2. The third-order valence-corrected chi connectivity index (χ3v) is 5.55. The summed E-state index contributed by atoms with van der Waals surface area (Å²) < 4.78 is 7.20. The molecule has 0 radical (unpaired) electrons. The molecule has 1 aliphatic heterocycles. The Morgan fingerprint density at radius 2 is 1.77 bits per heavy atom. The molecule has 2 heterocycles. The van der Waals surface area contributed by atoms with Crippen LogP contribution in [0, 0.1) is 0 Å². The maximum atomic E-state index is 12.8. The number of esters is 1. The topological polar surface area (TPSA) is 81.5 Å². The molecule has 30 heavy (non-hydrogen) atoms. The van der Waals surface area contributed by atoms with Crippen molar-refractivity contribution >= 4 is 22.8 Å². The van der Waals surface area contributed by atoms with Crippen LogP contribution in [-0.2, 0) is 22.5 Å². The number of aryl methyl sites for hydroxylation is 1. The van der Waals surface area contributed by atoms with Gasteiger partial charge in [-0.1, -0.05) is 6.42 Å². The Bertz CT molecular complexity index is 1000. The van der Waals surface area contributed by atoms with Crippen LogP contribution >= 0.6 is 0 Å². The highest BCUT2D eigenvalue weighted by molar-refractivity contribution is 5.95. The predicted octanol–water partition coefficient (Wildman–Crippen LogP) is 3.31. The summed E-state index contributed by atoms with van der Waals surface area (Å²) in [6, 6.07) is 4.79. The Kier molecular flexibility index (Phi) is 6.58. The number of carbonyl (C=O) groups is 2. The second-order valence-electron chi connectivity index (χ2n) is 8.51. The average molecular weight is 414 g/mol. The highest BCUT2D eigenvalue weighted by atomic mass is 16.5. The summed E-state index contributed by atoms with van der Waals surface area (Å²) in [5.41, 5.74) is 0.714. The first kappa shape index (κ1) is 22.0. The number of hydrogen-bond donors (Lipinski definition) is 0. The second kappa shape index (κ2) is 8.98. The van der Waals surface area contributed by atoms with Crippen molar-refractivity contribution in [1.82, 2.24) is 14.5 Å². The van der Waals surface area contributed by atoms with Gasteiger partial charge in [0.1, 0.15) is 5.82 Å². The van der Waals surface area contributed by atoms with Crippen molar-refractivity contribution in [2.24, 2.45) is 0 Å². The molecule has 1 atom stereocenters. The molecular formula is C23H31N3O4. The molecule has 0 N–H and O–H groups in total. The molecule has 1 aliphatic rings. The lowest BCUT2D eigenvalue weighted by atomic mass is 10.1. The van der Waals surface area contributed by atoms with Gasteiger partial charge in [-0.15, -0.1) is 0 Å². The molecule has 0 saturated carbocycles. The minimum atomic E-state index is -0.899. The average Bonchev–Trinajstić information content (AvgIpc) is 2.92. The first-order valence-electron chi connectivity index (χ1n) is 10.8. The van der Waals surface area contributed by atoms with Gasteiger partial charge in [-0.3, -0.25) is 14.2 Å². The zero-order valence-corrected chi connectivity index (χ0v) is 18.5. The number of nitrogens with zero attached hydrogens (tertiary/aromatic N) is 3. The fourth-order valence-electron chi connectivity index (χ4n) is 4.14. The lowest BCUT2D eigenvalue weighted by Crippen LogP contribution is -2.47. The first-order valence-corrected chi connectivity index (χ1v) is 10.8. The van der Waals surface area contributed by atoms with Gasteiger partial charge in [-0.25, -0.2) is 9.78 Å². The molecule has 0 bridgehead atoms. The molecule has 162 valence electrons. The van der Waals surface area contributed by atoms with Gasteiger partial charge in [0.2, 0.25) is 0 Å². The van der Waals surface area contributed by atoms with E-state index in [1.54, 1.807) is 34.6 Å². The molecule has 1 aromatic carbocycles. The van der Waals surface area contributed by atoms with Crippen LogP contribution in [-0.4, -0.2) is 44.5 Å². The standard InChI is InChI=1S/C23H31N3O4/c1-14(2)26(15(3)4)21(27)16(5)30-23(29)17-10-11-18-19(13-17)24-20-9-7-6-8-12-25(20)22(18)28/h10-11,13-16H,6-9,12H2,1-5H3/t16-/m1/s1. The van der Waals surface area contributed by atoms with E-state index in [2.05, 4.69) is 4.98 Å². The smallest absolute Gasteiger partial charge is 0.338 e. The van der Waals surface area contributed by atoms with Crippen LogP contribution in [0.15, 0.2) is 23.0 Å². The SMILES string of the molecule is CC(C)N(C(=O)[C@@H](C)OC(=O)c1ccc2c(=O)n3c(nc2c1)CCCCC3)C(C)C. The molecule has 2 aromatic rings. The van der Waals surface area contributed by atoms with Gasteiger partial charge in [0.15, 0.2) is 6.10 Å².